The third-order valence-corrected chi connectivity index (χ3v) is 4.60. The minimum Gasteiger partial charge on any atom is -0.355 e. The lowest BCUT2D eigenvalue weighted by molar-refractivity contribution is -0.123. The summed E-state index contributed by atoms with van der Waals surface area (Å²) in [6.45, 7) is 7.33. The number of benzene rings is 1. The molecule has 2 N–H and O–H groups in total. The van der Waals surface area contributed by atoms with Crippen LogP contribution in [0.4, 0.5) is 0 Å². The number of carbonyl (C=O) groups excluding carboxylic acids is 1. The van der Waals surface area contributed by atoms with E-state index in [9.17, 15) is 4.79 Å². The summed E-state index contributed by atoms with van der Waals surface area (Å²) in [5.74, 6) is 0.171. The Balaban J connectivity index is 0.00000242. The lowest BCUT2D eigenvalue weighted by Gasteiger charge is -2.34. The number of hydrogen-bond acceptors (Lipinski definition) is 2. The molecule has 0 saturated carbocycles. The van der Waals surface area contributed by atoms with Gasteiger partial charge in [0.25, 0.3) is 0 Å². The molecule has 0 aromatic heterocycles. The number of carbonyl (C=O) groups is 1. The van der Waals surface area contributed by atoms with Crippen molar-refractivity contribution in [3.8, 4) is 0 Å². The summed E-state index contributed by atoms with van der Waals surface area (Å²) in [5, 5.41) is 6.59. The van der Waals surface area contributed by atoms with Crippen molar-refractivity contribution in [2.45, 2.75) is 45.4 Å². The average molecular weight is 325 g/mol. The smallest absolute Gasteiger partial charge is 0.227 e. The van der Waals surface area contributed by atoms with Gasteiger partial charge in [-0.15, -0.1) is 12.4 Å². The molecule has 3 nitrogen and oxygen atoms in total. The summed E-state index contributed by atoms with van der Waals surface area (Å²) in [7, 11) is 0. The van der Waals surface area contributed by atoms with E-state index in [-0.39, 0.29) is 29.6 Å². The topological polar surface area (TPSA) is 41.1 Å². The van der Waals surface area contributed by atoms with Crippen molar-refractivity contribution in [1.82, 2.24) is 10.6 Å². The summed E-state index contributed by atoms with van der Waals surface area (Å²) in [4.78, 5) is 12.6. The summed E-state index contributed by atoms with van der Waals surface area (Å²) in [6.07, 6.45) is 4.20. The highest BCUT2D eigenvalue weighted by Gasteiger charge is 2.28. The van der Waals surface area contributed by atoms with Gasteiger partial charge in [-0.25, -0.2) is 0 Å². The highest BCUT2D eigenvalue weighted by atomic mass is 35.5. The lowest BCUT2D eigenvalue weighted by atomic mass is 9.81. The standard InChI is InChI=1S/C18H28N2O.ClH/c1-3-7-16(15-8-5-4-6-9-15)17(21)20-14-18(2)10-12-19-13-11-18;/h4-6,8-9,16,19H,3,7,10-14H2,1-2H3,(H,20,21);1H. The van der Waals surface area contributed by atoms with Crippen LogP contribution in [0.5, 0.6) is 0 Å². The Hall–Kier alpha value is -1.06. The molecule has 1 fully saturated rings. The molecule has 4 heteroatoms. The zero-order chi connectivity index (χ0) is 15.1. The van der Waals surface area contributed by atoms with Gasteiger partial charge in [-0.05, 0) is 43.3 Å². The van der Waals surface area contributed by atoms with E-state index in [1.807, 2.05) is 18.2 Å². The molecule has 0 radical (unpaired) electrons. The van der Waals surface area contributed by atoms with Crippen molar-refractivity contribution in [2.75, 3.05) is 19.6 Å². The van der Waals surface area contributed by atoms with Crippen LogP contribution in [-0.4, -0.2) is 25.5 Å². The Morgan fingerprint density at radius 2 is 1.91 bits per heavy atom. The first-order valence-electron chi connectivity index (χ1n) is 8.18. The number of halogens is 1. The summed E-state index contributed by atoms with van der Waals surface area (Å²) in [5.41, 5.74) is 1.38. The molecule has 1 amide bonds. The zero-order valence-corrected chi connectivity index (χ0v) is 14.5. The Morgan fingerprint density at radius 1 is 1.27 bits per heavy atom. The molecular weight excluding hydrogens is 296 g/mol. The molecule has 0 bridgehead atoms. The number of rotatable bonds is 6. The number of nitrogens with one attached hydrogen (secondary N) is 2. The SMILES string of the molecule is CCCC(C(=O)NCC1(C)CCNCC1)c1ccccc1.Cl. The third-order valence-electron chi connectivity index (χ3n) is 4.60. The van der Waals surface area contributed by atoms with Crippen LogP contribution >= 0.6 is 12.4 Å². The molecule has 124 valence electrons. The number of amides is 1. The fourth-order valence-electron chi connectivity index (χ4n) is 3.05. The molecular formula is C18H29ClN2O. The van der Waals surface area contributed by atoms with Gasteiger partial charge in [-0.3, -0.25) is 4.79 Å². The van der Waals surface area contributed by atoms with Crippen LogP contribution in [0.1, 0.15) is 51.0 Å². The van der Waals surface area contributed by atoms with Gasteiger partial charge < -0.3 is 10.6 Å². The maximum Gasteiger partial charge on any atom is 0.227 e. The van der Waals surface area contributed by atoms with Gasteiger partial charge in [0.15, 0.2) is 0 Å². The van der Waals surface area contributed by atoms with E-state index in [0.717, 1.165) is 50.9 Å². The normalized spacial score (nSPS) is 18.1. The molecule has 1 saturated heterocycles. The largest absolute Gasteiger partial charge is 0.355 e. The van der Waals surface area contributed by atoms with Gasteiger partial charge in [-0.2, -0.15) is 0 Å². The first-order valence-corrected chi connectivity index (χ1v) is 8.18. The minimum absolute atomic E-state index is 0. The number of piperidine rings is 1. The van der Waals surface area contributed by atoms with Crippen molar-refractivity contribution in [1.29, 1.82) is 0 Å². The Bertz CT molecular complexity index is 444. The minimum atomic E-state index is -0.0125. The molecule has 1 aliphatic rings. The van der Waals surface area contributed by atoms with E-state index >= 15 is 0 Å². The van der Waals surface area contributed by atoms with Crippen molar-refractivity contribution in [2.24, 2.45) is 5.41 Å². The molecule has 22 heavy (non-hydrogen) atoms. The van der Waals surface area contributed by atoms with E-state index < -0.39 is 0 Å². The molecule has 2 rings (SSSR count). The molecule has 1 aromatic rings. The molecule has 0 spiro atoms. The highest BCUT2D eigenvalue weighted by Crippen LogP contribution is 2.27. The van der Waals surface area contributed by atoms with E-state index in [0.29, 0.717) is 0 Å². The van der Waals surface area contributed by atoms with E-state index in [1.165, 1.54) is 0 Å². The predicted octanol–water partition coefficient (Wildman–Crippen LogP) is 3.50. The molecule has 1 heterocycles. The molecule has 1 aliphatic heterocycles. The lowest BCUT2D eigenvalue weighted by Crippen LogP contribution is -2.44. The van der Waals surface area contributed by atoms with Crippen molar-refractivity contribution in [3.63, 3.8) is 0 Å². The van der Waals surface area contributed by atoms with Gasteiger partial charge in [-0.1, -0.05) is 50.6 Å². The number of hydrogen-bond donors (Lipinski definition) is 2. The second kappa shape index (κ2) is 9.16. The second-order valence-electron chi connectivity index (χ2n) is 6.53. The zero-order valence-electron chi connectivity index (χ0n) is 13.7. The molecule has 1 atom stereocenters. The predicted molar refractivity (Wildman–Crippen MR) is 94.6 cm³/mol. The van der Waals surface area contributed by atoms with Crippen LogP contribution in [0.25, 0.3) is 0 Å². The van der Waals surface area contributed by atoms with Crippen molar-refractivity contribution in [3.05, 3.63) is 35.9 Å². The Morgan fingerprint density at radius 3 is 2.50 bits per heavy atom. The highest BCUT2D eigenvalue weighted by molar-refractivity contribution is 5.85. The summed E-state index contributed by atoms with van der Waals surface area (Å²) in [6, 6.07) is 10.2. The fourth-order valence-corrected chi connectivity index (χ4v) is 3.05. The van der Waals surface area contributed by atoms with Crippen LogP contribution < -0.4 is 10.6 Å². The third kappa shape index (κ3) is 5.29. The first kappa shape index (κ1) is 19.0. The van der Waals surface area contributed by atoms with Crippen LogP contribution in [-0.2, 0) is 4.79 Å². The van der Waals surface area contributed by atoms with Crippen molar-refractivity contribution < 1.29 is 4.79 Å². The Kier molecular flexibility index (Phi) is 7.91. The molecule has 1 unspecified atom stereocenters. The van der Waals surface area contributed by atoms with E-state index in [4.69, 9.17) is 0 Å². The van der Waals surface area contributed by atoms with Gasteiger partial charge in [0.1, 0.15) is 0 Å². The van der Waals surface area contributed by atoms with Gasteiger partial charge in [0, 0.05) is 6.54 Å². The van der Waals surface area contributed by atoms with Gasteiger partial charge in [0.05, 0.1) is 5.92 Å². The fraction of sp³-hybridized carbons (Fsp3) is 0.611. The van der Waals surface area contributed by atoms with Crippen LogP contribution in [0, 0.1) is 5.41 Å². The first-order chi connectivity index (χ1) is 10.1. The Labute approximate surface area is 140 Å². The van der Waals surface area contributed by atoms with Crippen LogP contribution in [0.15, 0.2) is 30.3 Å². The summed E-state index contributed by atoms with van der Waals surface area (Å²) >= 11 is 0. The maximum atomic E-state index is 12.6. The van der Waals surface area contributed by atoms with E-state index in [1.54, 1.807) is 0 Å². The van der Waals surface area contributed by atoms with Crippen LogP contribution in [0.2, 0.25) is 0 Å². The average Bonchev–Trinajstić information content (AvgIpc) is 2.52. The summed E-state index contributed by atoms with van der Waals surface area (Å²) < 4.78 is 0. The van der Waals surface area contributed by atoms with E-state index in [2.05, 4.69) is 36.6 Å². The van der Waals surface area contributed by atoms with Crippen LogP contribution in [0.3, 0.4) is 0 Å². The second-order valence-corrected chi connectivity index (χ2v) is 6.53. The van der Waals surface area contributed by atoms with Crippen molar-refractivity contribution >= 4 is 18.3 Å². The monoisotopic (exact) mass is 324 g/mol. The van der Waals surface area contributed by atoms with Gasteiger partial charge in [0.2, 0.25) is 5.91 Å². The maximum absolute atomic E-state index is 12.6. The quantitative estimate of drug-likeness (QED) is 0.841. The molecule has 1 aromatic carbocycles. The molecule has 0 aliphatic carbocycles. The van der Waals surface area contributed by atoms with Gasteiger partial charge >= 0.3 is 0 Å².